The number of hydrogen-bond acceptors (Lipinski definition) is 4. The van der Waals surface area contributed by atoms with E-state index in [9.17, 15) is 9.18 Å². The van der Waals surface area contributed by atoms with Crippen LogP contribution in [0.15, 0.2) is 60.7 Å². The number of aromatic nitrogens is 1. The van der Waals surface area contributed by atoms with Crippen LogP contribution in [0.3, 0.4) is 0 Å². The van der Waals surface area contributed by atoms with Crippen molar-refractivity contribution in [1.29, 1.82) is 0 Å². The van der Waals surface area contributed by atoms with Gasteiger partial charge in [0.25, 0.3) is 5.91 Å². The minimum absolute atomic E-state index is 0.132. The second kappa shape index (κ2) is 9.30. The number of nitrogens with zero attached hydrogens (tertiary/aromatic N) is 1. The number of pyridine rings is 1. The summed E-state index contributed by atoms with van der Waals surface area (Å²) in [5.41, 5.74) is 2.45. The van der Waals surface area contributed by atoms with Crippen molar-refractivity contribution in [3.05, 3.63) is 83.4 Å². The van der Waals surface area contributed by atoms with Gasteiger partial charge in [0, 0.05) is 24.4 Å². The summed E-state index contributed by atoms with van der Waals surface area (Å²) in [7, 11) is 0. The Labute approximate surface area is 169 Å². The molecule has 0 bridgehead atoms. The molecule has 1 amide bonds. The third-order valence-corrected chi connectivity index (χ3v) is 4.31. The molecule has 3 rings (SSSR count). The molecule has 0 aliphatic heterocycles. The molecule has 1 heterocycles. The summed E-state index contributed by atoms with van der Waals surface area (Å²) in [6.45, 7) is 6.24. The zero-order valence-corrected chi connectivity index (χ0v) is 16.6. The van der Waals surface area contributed by atoms with Gasteiger partial charge in [0.05, 0.1) is 23.1 Å². The van der Waals surface area contributed by atoms with Gasteiger partial charge < -0.3 is 14.8 Å². The fourth-order valence-electron chi connectivity index (χ4n) is 2.88. The number of benzene rings is 2. The Morgan fingerprint density at radius 3 is 2.52 bits per heavy atom. The first-order valence-electron chi connectivity index (χ1n) is 9.40. The molecule has 29 heavy (non-hydrogen) atoms. The van der Waals surface area contributed by atoms with Crippen LogP contribution in [0.5, 0.6) is 11.5 Å². The molecule has 0 fully saturated rings. The van der Waals surface area contributed by atoms with Crippen molar-refractivity contribution >= 4 is 11.6 Å². The van der Waals surface area contributed by atoms with E-state index in [-0.39, 0.29) is 17.8 Å². The Morgan fingerprint density at radius 2 is 1.83 bits per heavy atom. The minimum Gasteiger partial charge on any atom is -0.457 e. The van der Waals surface area contributed by atoms with Gasteiger partial charge in [-0.15, -0.1) is 0 Å². The Bertz CT molecular complexity index is 1010. The molecule has 0 aliphatic rings. The number of hydrogen-bond donors (Lipinski definition) is 1. The van der Waals surface area contributed by atoms with Gasteiger partial charge in [0.1, 0.15) is 17.3 Å². The number of rotatable bonds is 7. The molecule has 2 aromatic carbocycles. The van der Waals surface area contributed by atoms with Gasteiger partial charge in [-0.2, -0.15) is 0 Å². The zero-order valence-electron chi connectivity index (χ0n) is 16.6. The molecule has 5 nitrogen and oxygen atoms in total. The molecular weight excluding hydrogens is 371 g/mol. The topological polar surface area (TPSA) is 60.5 Å². The fourth-order valence-corrected chi connectivity index (χ4v) is 2.88. The molecule has 0 saturated heterocycles. The zero-order chi connectivity index (χ0) is 20.8. The van der Waals surface area contributed by atoms with Crippen LogP contribution in [-0.4, -0.2) is 17.5 Å². The van der Waals surface area contributed by atoms with Crippen molar-refractivity contribution in [1.82, 2.24) is 4.98 Å². The van der Waals surface area contributed by atoms with Crippen LogP contribution in [0.2, 0.25) is 0 Å². The number of ether oxygens (including phenoxy) is 2. The van der Waals surface area contributed by atoms with Crippen LogP contribution >= 0.6 is 0 Å². The molecule has 0 saturated carbocycles. The second-order valence-electron chi connectivity index (χ2n) is 6.51. The first kappa shape index (κ1) is 20.5. The highest BCUT2D eigenvalue weighted by Gasteiger charge is 2.14. The highest BCUT2D eigenvalue weighted by atomic mass is 19.1. The van der Waals surface area contributed by atoms with Gasteiger partial charge in [-0.1, -0.05) is 12.1 Å². The number of carbonyl (C=O) groups is 1. The molecule has 150 valence electrons. The predicted molar refractivity (Wildman–Crippen MR) is 110 cm³/mol. The molecule has 1 N–H and O–H groups in total. The molecule has 3 aromatic rings. The number of amides is 1. The highest BCUT2D eigenvalue weighted by Crippen LogP contribution is 2.25. The lowest BCUT2D eigenvalue weighted by Crippen LogP contribution is -2.15. The molecule has 0 radical (unpaired) electrons. The normalized spacial score (nSPS) is 11.7. The Balaban J connectivity index is 1.72. The van der Waals surface area contributed by atoms with E-state index < -0.39 is 0 Å². The maximum absolute atomic E-state index is 13.3. The van der Waals surface area contributed by atoms with Gasteiger partial charge in [0.15, 0.2) is 0 Å². The van der Waals surface area contributed by atoms with E-state index in [0.29, 0.717) is 35.1 Å². The third kappa shape index (κ3) is 5.39. The number of nitrogens with one attached hydrogen (secondary N) is 1. The van der Waals surface area contributed by atoms with Gasteiger partial charge in [-0.3, -0.25) is 9.78 Å². The van der Waals surface area contributed by atoms with Gasteiger partial charge >= 0.3 is 0 Å². The first-order valence-corrected chi connectivity index (χ1v) is 9.40. The summed E-state index contributed by atoms with van der Waals surface area (Å²) < 4.78 is 24.5. The van der Waals surface area contributed by atoms with Crippen LogP contribution in [0, 0.1) is 12.7 Å². The molecule has 0 aliphatic carbocycles. The predicted octanol–water partition coefficient (Wildman–Crippen LogP) is 5.67. The van der Waals surface area contributed by atoms with Crippen LogP contribution in [-0.2, 0) is 4.74 Å². The second-order valence-corrected chi connectivity index (χ2v) is 6.51. The smallest absolute Gasteiger partial charge is 0.257 e. The van der Waals surface area contributed by atoms with Crippen molar-refractivity contribution < 1.29 is 18.7 Å². The largest absolute Gasteiger partial charge is 0.457 e. The van der Waals surface area contributed by atoms with Crippen LogP contribution in [0.1, 0.15) is 41.7 Å². The molecule has 1 unspecified atom stereocenters. The van der Waals surface area contributed by atoms with E-state index in [0.717, 1.165) is 5.69 Å². The average Bonchev–Trinajstić information content (AvgIpc) is 2.68. The van der Waals surface area contributed by atoms with E-state index in [4.69, 9.17) is 9.47 Å². The van der Waals surface area contributed by atoms with Crippen LogP contribution < -0.4 is 10.1 Å². The molecule has 6 heteroatoms. The van der Waals surface area contributed by atoms with Crippen LogP contribution in [0.25, 0.3) is 0 Å². The van der Waals surface area contributed by atoms with E-state index in [1.807, 2.05) is 13.8 Å². The fraction of sp³-hybridized carbons (Fsp3) is 0.217. The third-order valence-electron chi connectivity index (χ3n) is 4.31. The standard InChI is InChI=1S/C23H23FN2O3/c1-4-28-16(3)22-12-11-21(15(2)25-22)23(27)26-18-8-6-10-20(14-18)29-19-9-5-7-17(24)13-19/h5-14,16H,4H2,1-3H3,(H,26,27). The lowest BCUT2D eigenvalue weighted by Gasteiger charge is -2.14. The average molecular weight is 394 g/mol. The number of carbonyl (C=O) groups excluding carboxylic acids is 1. The summed E-state index contributed by atoms with van der Waals surface area (Å²) in [4.78, 5) is 17.2. The van der Waals surface area contributed by atoms with Crippen molar-refractivity contribution in [3.63, 3.8) is 0 Å². The lowest BCUT2D eigenvalue weighted by molar-refractivity contribution is 0.0732. The quantitative estimate of drug-likeness (QED) is 0.561. The Kier molecular flexibility index (Phi) is 6.57. The summed E-state index contributed by atoms with van der Waals surface area (Å²) in [6.07, 6.45) is -0.132. The Morgan fingerprint density at radius 1 is 1.10 bits per heavy atom. The number of anilines is 1. The highest BCUT2D eigenvalue weighted by molar-refractivity contribution is 6.05. The van der Waals surface area contributed by atoms with Crippen molar-refractivity contribution in [2.45, 2.75) is 26.9 Å². The maximum Gasteiger partial charge on any atom is 0.257 e. The van der Waals surface area contributed by atoms with E-state index >= 15 is 0 Å². The van der Waals surface area contributed by atoms with E-state index in [2.05, 4.69) is 10.3 Å². The van der Waals surface area contributed by atoms with E-state index in [1.165, 1.54) is 12.1 Å². The van der Waals surface area contributed by atoms with Gasteiger partial charge in [-0.25, -0.2) is 4.39 Å². The van der Waals surface area contributed by atoms with Crippen molar-refractivity contribution in [2.24, 2.45) is 0 Å². The SMILES string of the molecule is CCOC(C)c1ccc(C(=O)Nc2cccc(Oc3cccc(F)c3)c2)c(C)n1. The van der Waals surface area contributed by atoms with E-state index in [1.54, 1.807) is 55.5 Å². The van der Waals surface area contributed by atoms with Crippen molar-refractivity contribution in [3.8, 4) is 11.5 Å². The van der Waals surface area contributed by atoms with Crippen molar-refractivity contribution in [2.75, 3.05) is 11.9 Å². The number of aryl methyl sites for hydroxylation is 1. The maximum atomic E-state index is 13.3. The molecule has 1 aromatic heterocycles. The van der Waals surface area contributed by atoms with Crippen LogP contribution in [0.4, 0.5) is 10.1 Å². The molecule has 0 spiro atoms. The van der Waals surface area contributed by atoms with Gasteiger partial charge in [-0.05, 0) is 57.2 Å². The van der Waals surface area contributed by atoms with Gasteiger partial charge in [0.2, 0.25) is 0 Å². The Hall–Kier alpha value is -3.25. The summed E-state index contributed by atoms with van der Waals surface area (Å²) in [5, 5.41) is 2.85. The molecular formula is C23H23FN2O3. The minimum atomic E-state index is -0.378. The monoisotopic (exact) mass is 394 g/mol. The lowest BCUT2D eigenvalue weighted by atomic mass is 10.1. The number of halogens is 1. The first-order chi connectivity index (χ1) is 14.0. The summed E-state index contributed by atoms with van der Waals surface area (Å²) >= 11 is 0. The summed E-state index contributed by atoms with van der Waals surface area (Å²) in [6, 6.07) is 16.3. The summed E-state index contributed by atoms with van der Waals surface area (Å²) in [5.74, 6) is 0.224. The molecule has 1 atom stereocenters.